The first-order valence-electron chi connectivity index (χ1n) is 16.3. The normalized spacial score (nSPS) is 22.1. The van der Waals surface area contributed by atoms with Crippen LogP contribution in [0.3, 0.4) is 0 Å². The number of anilines is 1. The van der Waals surface area contributed by atoms with Crippen LogP contribution < -0.4 is 10.6 Å². The zero-order chi connectivity index (χ0) is 33.9. The van der Waals surface area contributed by atoms with E-state index in [0.717, 1.165) is 11.1 Å². The Kier molecular flexibility index (Phi) is 10.2. The van der Waals surface area contributed by atoms with Gasteiger partial charge in [-0.25, -0.2) is 9.59 Å². The van der Waals surface area contributed by atoms with Crippen molar-refractivity contribution in [3.8, 4) is 0 Å². The number of nitrogens with zero attached hydrogens (tertiary/aromatic N) is 1. The van der Waals surface area contributed by atoms with E-state index in [0.29, 0.717) is 55.3 Å². The van der Waals surface area contributed by atoms with E-state index >= 15 is 0 Å². The van der Waals surface area contributed by atoms with Gasteiger partial charge in [-0.3, -0.25) is 14.0 Å². The number of hydrogen-bond donors (Lipinski definition) is 3. The summed E-state index contributed by atoms with van der Waals surface area (Å²) in [5.74, 6) is -2.25. The molecule has 3 amide bonds. The maximum Gasteiger partial charge on any atom is 0.407 e. The van der Waals surface area contributed by atoms with Gasteiger partial charge in [0.2, 0.25) is 17.6 Å². The van der Waals surface area contributed by atoms with E-state index in [1.54, 1.807) is 43.9 Å². The predicted octanol–water partition coefficient (Wildman–Crippen LogP) is 6.82. The third kappa shape index (κ3) is 7.94. The predicted molar refractivity (Wildman–Crippen MR) is 175 cm³/mol. The van der Waals surface area contributed by atoms with Crippen LogP contribution in [-0.2, 0) is 14.3 Å². The molecule has 2 fully saturated rings. The van der Waals surface area contributed by atoms with Crippen LogP contribution in [0.25, 0.3) is 11.0 Å². The molecule has 2 heterocycles. The lowest BCUT2D eigenvalue weighted by atomic mass is 9.77. The zero-order valence-electron chi connectivity index (χ0n) is 27.4. The highest BCUT2D eigenvalue weighted by molar-refractivity contribution is 6.00. The van der Waals surface area contributed by atoms with Crippen LogP contribution in [0.2, 0.25) is 0 Å². The van der Waals surface area contributed by atoms with Gasteiger partial charge in [0.15, 0.2) is 0 Å². The summed E-state index contributed by atoms with van der Waals surface area (Å²) in [5, 5.41) is 15.7. The first-order valence-corrected chi connectivity index (χ1v) is 16.3. The van der Waals surface area contributed by atoms with Crippen molar-refractivity contribution in [3.05, 3.63) is 65.4 Å². The zero-order valence-corrected chi connectivity index (χ0v) is 27.4. The number of benzene rings is 2. The summed E-state index contributed by atoms with van der Waals surface area (Å²) < 4.78 is 24.2. The quantitative estimate of drug-likeness (QED) is 0.231. The van der Waals surface area contributed by atoms with Gasteiger partial charge in [0, 0.05) is 35.5 Å². The number of aryl methyl sites for hydroxylation is 1. The minimum Gasteiger partial charge on any atom is -0.475 e. The number of aromatic carboxylic acids is 1. The number of amides is 3. The van der Waals surface area contributed by atoms with Crippen molar-refractivity contribution in [2.75, 3.05) is 18.5 Å². The monoisotopic (exact) mass is 649 g/mol. The average Bonchev–Trinajstić information content (AvgIpc) is 3.65. The number of carboxylic acids is 1. The number of carboxylic acid groups (broad SMARTS) is 1. The van der Waals surface area contributed by atoms with Crippen LogP contribution in [0.4, 0.5) is 14.9 Å². The Bertz CT molecular complexity index is 1620. The van der Waals surface area contributed by atoms with Gasteiger partial charge < -0.3 is 29.8 Å². The Morgan fingerprint density at radius 1 is 1.04 bits per heavy atom. The molecule has 1 aliphatic heterocycles. The molecule has 0 unspecified atom stereocenters. The molecule has 3 aromatic rings. The minimum atomic E-state index is -1.18. The Morgan fingerprint density at radius 2 is 1.77 bits per heavy atom. The van der Waals surface area contributed by atoms with E-state index < -0.39 is 30.4 Å². The summed E-state index contributed by atoms with van der Waals surface area (Å²) in [6.45, 7) is 7.19. The van der Waals surface area contributed by atoms with Crippen molar-refractivity contribution in [3.63, 3.8) is 0 Å². The second-order valence-electron chi connectivity index (χ2n) is 13.7. The third-order valence-corrected chi connectivity index (χ3v) is 9.34. The number of halogens is 1. The summed E-state index contributed by atoms with van der Waals surface area (Å²) in [5.41, 5.74) is 2.26. The van der Waals surface area contributed by atoms with E-state index in [-0.39, 0.29) is 47.8 Å². The average molecular weight is 650 g/mol. The minimum absolute atomic E-state index is 0.0131. The van der Waals surface area contributed by atoms with Gasteiger partial charge in [0.05, 0.1) is 6.67 Å². The molecule has 10 nitrogen and oxygen atoms in total. The molecule has 11 heteroatoms. The summed E-state index contributed by atoms with van der Waals surface area (Å²) in [6.07, 6.45) is 2.67. The summed E-state index contributed by atoms with van der Waals surface area (Å²) in [4.78, 5) is 53.7. The number of carbonyl (C=O) groups excluding carboxylic acids is 3. The molecule has 1 aliphatic carbocycles. The molecule has 0 bridgehead atoms. The number of carbonyl (C=O) groups is 4. The van der Waals surface area contributed by atoms with E-state index in [1.165, 1.54) is 6.07 Å². The summed E-state index contributed by atoms with van der Waals surface area (Å²) in [6, 6.07) is 13.1. The maximum atomic E-state index is 14.1. The topological polar surface area (TPSA) is 138 Å². The lowest BCUT2D eigenvalue weighted by Crippen LogP contribution is -2.49. The molecular weight excluding hydrogens is 605 g/mol. The molecular formula is C36H44FN3O7. The molecule has 2 aliphatic rings. The fraction of sp³-hybridized carbons (Fsp3) is 0.500. The smallest absolute Gasteiger partial charge is 0.407 e. The van der Waals surface area contributed by atoms with Crippen LogP contribution in [0, 0.1) is 18.8 Å². The molecule has 47 heavy (non-hydrogen) atoms. The van der Waals surface area contributed by atoms with E-state index in [1.807, 2.05) is 31.2 Å². The largest absolute Gasteiger partial charge is 0.475 e. The van der Waals surface area contributed by atoms with Crippen molar-refractivity contribution in [1.82, 2.24) is 10.2 Å². The van der Waals surface area contributed by atoms with Gasteiger partial charge in [-0.1, -0.05) is 24.3 Å². The van der Waals surface area contributed by atoms with Crippen LogP contribution in [0.1, 0.15) is 86.9 Å². The van der Waals surface area contributed by atoms with Crippen molar-refractivity contribution >= 4 is 40.5 Å². The molecule has 252 valence electrons. The number of alkyl carbamates (subject to hydrolysis) is 1. The number of ether oxygens (including phenoxy) is 1. The fourth-order valence-electron chi connectivity index (χ4n) is 7.14. The SMILES string of the molecule is Cc1ccccc1[C@@H]1CCN(C(=O)[C@H]2CC[C@H]([C@@H](CCF)NC(=O)OC(C)(C)C)CC2)[C@@H]1C(=O)Nc1ccc2oc(C(=O)O)cc2c1. The van der Waals surface area contributed by atoms with Crippen LogP contribution in [0.15, 0.2) is 52.9 Å². The highest BCUT2D eigenvalue weighted by Crippen LogP contribution is 2.40. The number of likely N-dealkylation sites (tertiary alicyclic amines) is 1. The number of hydrogen-bond acceptors (Lipinski definition) is 6. The lowest BCUT2D eigenvalue weighted by Gasteiger charge is -2.36. The number of furan rings is 1. The van der Waals surface area contributed by atoms with Crippen molar-refractivity contribution in [2.45, 2.75) is 89.8 Å². The Labute approximate surface area is 274 Å². The van der Waals surface area contributed by atoms with Gasteiger partial charge in [-0.15, -0.1) is 0 Å². The van der Waals surface area contributed by atoms with Gasteiger partial charge in [-0.2, -0.15) is 0 Å². The molecule has 0 spiro atoms. The molecule has 5 rings (SSSR count). The lowest BCUT2D eigenvalue weighted by molar-refractivity contribution is -0.141. The third-order valence-electron chi connectivity index (χ3n) is 9.34. The van der Waals surface area contributed by atoms with Gasteiger partial charge in [0.25, 0.3) is 0 Å². The van der Waals surface area contributed by atoms with Crippen LogP contribution in [-0.4, -0.2) is 64.8 Å². The highest BCUT2D eigenvalue weighted by atomic mass is 19.1. The Hall–Kier alpha value is -4.41. The number of fused-ring (bicyclic) bond motifs is 1. The first-order chi connectivity index (χ1) is 22.3. The first kappa shape index (κ1) is 33.9. The van der Waals surface area contributed by atoms with E-state index in [4.69, 9.17) is 9.15 Å². The standard InChI is InChI=1S/C36H44FN3O7/c1-21-7-5-6-8-26(21)27-16-18-40(31(27)32(41)38-25-13-14-29-24(19-25)20-30(46-29)34(43)44)33(42)23-11-9-22(10-12-23)28(15-17-37)39-35(45)47-36(2,3)4/h5-8,13-14,19-20,22-23,27-28,31H,9-12,15-18H2,1-4H3,(H,38,41)(H,39,45)(H,43,44)/t22-,23-,27-,28+,31-/m0/s1. The second kappa shape index (κ2) is 14.1. The molecule has 1 saturated carbocycles. The van der Waals surface area contributed by atoms with Crippen molar-refractivity contribution in [2.24, 2.45) is 11.8 Å². The molecule has 2 aromatic carbocycles. The maximum absolute atomic E-state index is 14.1. The van der Waals surface area contributed by atoms with Crippen molar-refractivity contribution < 1.29 is 37.8 Å². The van der Waals surface area contributed by atoms with E-state index in [2.05, 4.69) is 10.6 Å². The van der Waals surface area contributed by atoms with Gasteiger partial charge in [0.1, 0.15) is 17.2 Å². The summed E-state index contributed by atoms with van der Waals surface area (Å²) >= 11 is 0. The fourth-order valence-corrected chi connectivity index (χ4v) is 7.14. The molecule has 3 N–H and O–H groups in total. The van der Waals surface area contributed by atoms with Crippen LogP contribution >= 0.6 is 0 Å². The molecule has 1 aromatic heterocycles. The Balaban J connectivity index is 1.31. The molecule has 1 saturated heterocycles. The van der Waals surface area contributed by atoms with Gasteiger partial charge >= 0.3 is 12.1 Å². The van der Waals surface area contributed by atoms with Gasteiger partial charge in [-0.05, 0) is 108 Å². The number of rotatable bonds is 9. The molecule has 3 atom stereocenters. The molecule has 0 radical (unpaired) electrons. The summed E-state index contributed by atoms with van der Waals surface area (Å²) in [7, 11) is 0. The second-order valence-corrected chi connectivity index (χ2v) is 13.7. The number of nitrogens with one attached hydrogen (secondary N) is 2. The van der Waals surface area contributed by atoms with Crippen LogP contribution in [0.5, 0.6) is 0 Å². The number of alkyl halides is 1. The van der Waals surface area contributed by atoms with E-state index in [9.17, 15) is 28.7 Å². The Morgan fingerprint density at radius 3 is 2.43 bits per heavy atom. The highest BCUT2D eigenvalue weighted by Gasteiger charge is 2.45. The van der Waals surface area contributed by atoms with Crippen molar-refractivity contribution in [1.29, 1.82) is 0 Å².